The summed E-state index contributed by atoms with van der Waals surface area (Å²) in [5.74, 6) is -0.275. The standard InChI is InChI=1S/C25H26N4O5/c30-12-5-1-4-11-27-15-22(31)28-21(25(27)32)14-19-18-9-2-3-10-20(18)26-23(19)24(28)16-7-6-8-17(13-16)29(33)34/h2-3,6-10,13,21,24,26,30H,1,4-5,11-12,14-15H2/t21-,24?/m1/s1. The first-order valence-corrected chi connectivity index (χ1v) is 11.5. The number of non-ortho nitro benzene ring substituents is 1. The van der Waals surface area contributed by atoms with Crippen molar-refractivity contribution in [1.29, 1.82) is 0 Å². The molecule has 2 N–H and O–H groups in total. The van der Waals surface area contributed by atoms with Crippen LogP contribution < -0.4 is 0 Å². The van der Waals surface area contributed by atoms with Gasteiger partial charge in [-0.3, -0.25) is 19.7 Å². The van der Waals surface area contributed by atoms with E-state index in [0.29, 0.717) is 24.9 Å². The highest BCUT2D eigenvalue weighted by Gasteiger charge is 2.48. The summed E-state index contributed by atoms with van der Waals surface area (Å²) in [4.78, 5) is 44.7. The van der Waals surface area contributed by atoms with Crippen LogP contribution in [-0.2, 0) is 16.0 Å². The average molecular weight is 463 g/mol. The second-order valence-corrected chi connectivity index (χ2v) is 8.88. The minimum absolute atomic E-state index is 0.0184. The van der Waals surface area contributed by atoms with Crippen LogP contribution in [-0.4, -0.2) is 62.4 Å². The van der Waals surface area contributed by atoms with Gasteiger partial charge in [-0.25, -0.2) is 0 Å². The van der Waals surface area contributed by atoms with E-state index in [4.69, 9.17) is 5.11 Å². The maximum atomic E-state index is 13.6. The van der Waals surface area contributed by atoms with Gasteiger partial charge in [0.1, 0.15) is 6.04 Å². The Morgan fingerprint density at radius 3 is 2.71 bits per heavy atom. The fourth-order valence-electron chi connectivity index (χ4n) is 5.26. The minimum Gasteiger partial charge on any atom is -0.396 e. The SMILES string of the molecule is O=C1[C@H]2Cc3c([nH]c4ccccc34)C(c3cccc([N+](=O)[O-])c3)N2C(=O)CN1CCCCCO. The quantitative estimate of drug-likeness (QED) is 0.318. The number of nitro groups is 1. The van der Waals surface area contributed by atoms with E-state index < -0.39 is 17.0 Å². The molecule has 2 amide bonds. The molecule has 9 heteroatoms. The molecule has 0 bridgehead atoms. The maximum absolute atomic E-state index is 13.6. The van der Waals surface area contributed by atoms with Gasteiger partial charge in [-0.15, -0.1) is 0 Å². The minimum atomic E-state index is -0.671. The van der Waals surface area contributed by atoms with Gasteiger partial charge < -0.3 is 19.9 Å². The van der Waals surface area contributed by atoms with E-state index in [1.54, 1.807) is 21.9 Å². The lowest BCUT2D eigenvalue weighted by molar-refractivity contribution is -0.384. The van der Waals surface area contributed by atoms with Gasteiger partial charge in [0.15, 0.2) is 0 Å². The summed E-state index contributed by atoms with van der Waals surface area (Å²) in [5.41, 5.74) is 3.22. The largest absolute Gasteiger partial charge is 0.396 e. The Balaban J connectivity index is 1.59. The van der Waals surface area contributed by atoms with E-state index in [2.05, 4.69) is 4.98 Å². The number of nitro benzene ring substituents is 1. The van der Waals surface area contributed by atoms with Crippen LogP contribution in [0.25, 0.3) is 10.9 Å². The Bertz CT molecular complexity index is 1270. The van der Waals surface area contributed by atoms with Gasteiger partial charge in [-0.2, -0.15) is 0 Å². The number of fused-ring (bicyclic) bond motifs is 4. The lowest BCUT2D eigenvalue weighted by Gasteiger charge is -2.47. The van der Waals surface area contributed by atoms with Crippen molar-refractivity contribution < 1.29 is 19.6 Å². The van der Waals surface area contributed by atoms with Gasteiger partial charge in [0, 0.05) is 48.3 Å². The summed E-state index contributed by atoms with van der Waals surface area (Å²) in [6.45, 7) is 0.560. The molecule has 1 unspecified atom stereocenters. The molecule has 176 valence electrons. The number of unbranched alkanes of at least 4 members (excludes halogenated alkanes) is 2. The van der Waals surface area contributed by atoms with Crippen LogP contribution >= 0.6 is 0 Å². The summed E-state index contributed by atoms with van der Waals surface area (Å²) in [6.07, 6.45) is 2.56. The zero-order valence-corrected chi connectivity index (χ0v) is 18.6. The normalized spacial score (nSPS) is 19.9. The first-order chi connectivity index (χ1) is 16.5. The van der Waals surface area contributed by atoms with Crippen molar-refractivity contribution in [2.45, 2.75) is 37.8 Å². The summed E-state index contributed by atoms with van der Waals surface area (Å²) < 4.78 is 0. The number of para-hydroxylation sites is 1. The maximum Gasteiger partial charge on any atom is 0.269 e. The summed E-state index contributed by atoms with van der Waals surface area (Å²) >= 11 is 0. The van der Waals surface area contributed by atoms with Gasteiger partial charge in [0.2, 0.25) is 11.8 Å². The van der Waals surface area contributed by atoms with E-state index in [1.807, 2.05) is 24.3 Å². The fourth-order valence-corrected chi connectivity index (χ4v) is 5.26. The predicted molar refractivity (Wildman–Crippen MR) is 125 cm³/mol. The van der Waals surface area contributed by atoms with Crippen LogP contribution in [0.4, 0.5) is 5.69 Å². The van der Waals surface area contributed by atoms with Gasteiger partial charge in [0.25, 0.3) is 5.69 Å². The molecule has 2 aromatic carbocycles. The topological polar surface area (TPSA) is 120 Å². The average Bonchev–Trinajstić information content (AvgIpc) is 3.22. The van der Waals surface area contributed by atoms with Gasteiger partial charge in [-0.05, 0) is 36.5 Å². The first-order valence-electron chi connectivity index (χ1n) is 11.5. The Morgan fingerprint density at radius 1 is 1.09 bits per heavy atom. The monoisotopic (exact) mass is 462 g/mol. The third kappa shape index (κ3) is 3.71. The molecular weight excluding hydrogens is 436 g/mol. The lowest BCUT2D eigenvalue weighted by Crippen LogP contribution is -2.63. The van der Waals surface area contributed by atoms with Crippen molar-refractivity contribution in [3.05, 3.63) is 75.5 Å². The molecule has 1 saturated heterocycles. The Morgan fingerprint density at radius 2 is 1.91 bits per heavy atom. The van der Waals surface area contributed by atoms with E-state index >= 15 is 0 Å². The number of nitrogens with one attached hydrogen (secondary N) is 1. The number of amides is 2. The molecular formula is C25H26N4O5. The number of nitrogens with zero attached hydrogens (tertiary/aromatic N) is 3. The molecule has 2 aliphatic heterocycles. The number of aliphatic hydroxyl groups is 1. The highest BCUT2D eigenvalue weighted by molar-refractivity contribution is 5.97. The summed E-state index contributed by atoms with van der Waals surface area (Å²) in [6, 6.07) is 12.8. The number of aromatic amines is 1. The molecule has 5 rings (SSSR count). The highest BCUT2D eigenvalue weighted by Crippen LogP contribution is 2.43. The Labute approximate surface area is 196 Å². The third-order valence-corrected chi connectivity index (χ3v) is 6.83. The number of rotatable bonds is 7. The van der Waals surface area contributed by atoms with Crippen molar-refractivity contribution in [1.82, 2.24) is 14.8 Å². The summed E-state index contributed by atoms with van der Waals surface area (Å²) in [5, 5.41) is 21.5. The highest BCUT2D eigenvalue weighted by atomic mass is 16.6. The van der Waals surface area contributed by atoms with Crippen LogP contribution in [0.15, 0.2) is 48.5 Å². The van der Waals surface area contributed by atoms with E-state index in [-0.39, 0.29) is 30.7 Å². The fraction of sp³-hybridized carbons (Fsp3) is 0.360. The number of aliphatic hydroxyl groups excluding tert-OH is 1. The van der Waals surface area contributed by atoms with Gasteiger partial charge >= 0.3 is 0 Å². The Kier molecular flexibility index (Phi) is 5.79. The molecule has 0 aliphatic carbocycles. The molecule has 3 heterocycles. The van der Waals surface area contributed by atoms with E-state index in [0.717, 1.165) is 35.0 Å². The first kappa shape index (κ1) is 22.1. The number of hydrogen-bond donors (Lipinski definition) is 2. The molecule has 1 fully saturated rings. The molecule has 2 aliphatic rings. The number of carbonyl (C=O) groups is 2. The second-order valence-electron chi connectivity index (χ2n) is 8.88. The smallest absolute Gasteiger partial charge is 0.269 e. The molecule has 0 spiro atoms. The molecule has 3 aromatic rings. The van der Waals surface area contributed by atoms with Crippen molar-refractivity contribution in [2.75, 3.05) is 19.7 Å². The summed E-state index contributed by atoms with van der Waals surface area (Å²) in [7, 11) is 0. The number of benzene rings is 2. The molecule has 2 atom stereocenters. The zero-order chi connectivity index (χ0) is 23.8. The predicted octanol–water partition coefficient (Wildman–Crippen LogP) is 2.92. The van der Waals surface area contributed by atoms with Gasteiger partial charge in [-0.1, -0.05) is 30.3 Å². The van der Waals surface area contributed by atoms with Crippen LogP contribution in [0, 0.1) is 10.1 Å². The zero-order valence-electron chi connectivity index (χ0n) is 18.6. The van der Waals surface area contributed by atoms with Gasteiger partial charge in [0.05, 0.1) is 17.5 Å². The molecule has 1 aromatic heterocycles. The lowest BCUT2D eigenvalue weighted by atomic mass is 9.86. The number of carbonyl (C=O) groups excluding carboxylic acids is 2. The number of hydrogen-bond acceptors (Lipinski definition) is 5. The number of H-pyrrole nitrogens is 1. The van der Waals surface area contributed by atoms with Crippen LogP contribution in [0.2, 0.25) is 0 Å². The van der Waals surface area contributed by atoms with Crippen molar-refractivity contribution in [2.24, 2.45) is 0 Å². The number of piperazine rings is 1. The van der Waals surface area contributed by atoms with Crippen molar-refractivity contribution in [3.63, 3.8) is 0 Å². The van der Waals surface area contributed by atoms with Crippen molar-refractivity contribution in [3.8, 4) is 0 Å². The van der Waals surface area contributed by atoms with Crippen LogP contribution in [0.1, 0.15) is 42.1 Å². The molecule has 9 nitrogen and oxygen atoms in total. The van der Waals surface area contributed by atoms with E-state index in [9.17, 15) is 19.7 Å². The molecule has 0 radical (unpaired) electrons. The third-order valence-electron chi connectivity index (χ3n) is 6.83. The van der Waals surface area contributed by atoms with Crippen LogP contribution in [0.3, 0.4) is 0 Å². The number of aromatic nitrogens is 1. The second kappa shape index (κ2) is 8.90. The Hall–Kier alpha value is -3.72. The molecule has 0 saturated carbocycles. The van der Waals surface area contributed by atoms with Crippen LogP contribution in [0.5, 0.6) is 0 Å². The molecule has 34 heavy (non-hydrogen) atoms. The van der Waals surface area contributed by atoms with E-state index in [1.165, 1.54) is 12.1 Å². The van der Waals surface area contributed by atoms with Crippen molar-refractivity contribution >= 4 is 28.4 Å².